The van der Waals surface area contributed by atoms with Gasteiger partial charge in [-0.05, 0) is 47.2 Å². The molecule has 106 valence electrons. The third kappa shape index (κ3) is 2.84. The molecule has 0 aliphatic carbocycles. The molecule has 1 amide bonds. The molecule has 6 heteroatoms. The highest BCUT2D eigenvalue weighted by Crippen LogP contribution is 2.34. The second-order valence-electron chi connectivity index (χ2n) is 4.70. The van der Waals surface area contributed by atoms with Gasteiger partial charge in [0.2, 0.25) is 0 Å². The highest BCUT2D eigenvalue weighted by Gasteiger charge is 2.36. The average molecular weight is 357 g/mol. The van der Waals surface area contributed by atoms with Crippen molar-refractivity contribution >= 4 is 33.6 Å². The van der Waals surface area contributed by atoms with Gasteiger partial charge in [0.1, 0.15) is 10.6 Å². The zero-order chi connectivity index (χ0) is 14.8. The second kappa shape index (κ2) is 6.15. The molecule has 20 heavy (non-hydrogen) atoms. The van der Waals surface area contributed by atoms with Gasteiger partial charge in [0, 0.05) is 13.1 Å². The van der Waals surface area contributed by atoms with Gasteiger partial charge in [0.15, 0.2) is 0 Å². The van der Waals surface area contributed by atoms with E-state index in [1.165, 1.54) is 12.1 Å². The molecular formula is C14H14BrFN2OS. The van der Waals surface area contributed by atoms with Crippen LogP contribution < -0.4 is 0 Å². The molecule has 1 fully saturated rings. The van der Waals surface area contributed by atoms with E-state index < -0.39 is 10.6 Å². The maximum atomic E-state index is 13.5. The molecule has 1 aromatic carbocycles. The van der Waals surface area contributed by atoms with E-state index in [1.54, 1.807) is 22.7 Å². The number of amides is 1. The Labute approximate surface area is 130 Å². The fraction of sp³-hybridized carbons (Fsp3) is 0.429. The molecule has 1 aliphatic heterocycles. The molecule has 2 rings (SSSR count). The van der Waals surface area contributed by atoms with Gasteiger partial charge in [-0.1, -0.05) is 6.07 Å². The minimum atomic E-state index is -0.441. The van der Waals surface area contributed by atoms with Gasteiger partial charge in [-0.25, -0.2) is 4.39 Å². The molecule has 3 nitrogen and oxygen atoms in total. The van der Waals surface area contributed by atoms with E-state index in [2.05, 4.69) is 22.0 Å². The van der Waals surface area contributed by atoms with Crippen molar-refractivity contribution in [1.29, 1.82) is 5.26 Å². The Hall–Kier alpha value is -1.06. The average Bonchev–Trinajstić information content (AvgIpc) is 2.49. The van der Waals surface area contributed by atoms with Crippen LogP contribution in [-0.4, -0.2) is 34.9 Å². The van der Waals surface area contributed by atoms with E-state index in [9.17, 15) is 14.4 Å². The Morgan fingerprint density at radius 3 is 2.70 bits per heavy atom. The van der Waals surface area contributed by atoms with E-state index >= 15 is 0 Å². The number of likely N-dealkylation sites (tertiary alicyclic amines) is 1. The molecule has 0 unspecified atom stereocenters. The normalized spacial score (nSPS) is 17.6. The highest BCUT2D eigenvalue weighted by molar-refractivity contribution is 9.10. The number of hydrogen-bond acceptors (Lipinski definition) is 3. The standard InChI is InChI=1S/C14H14BrFN2OS/c1-20-14(9-17)5-7-18(8-6-14)13(19)10-3-2-4-11(16)12(10)15/h2-4H,5-8H2,1H3. The lowest BCUT2D eigenvalue weighted by Gasteiger charge is -2.36. The van der Waals surface area contributed by atoms with Crippen LogP contribution in [0.15, 0.2) is 22.7 Å². The van der Waals surface area contributed by atoms with Gasteiger partial charge < -0.3 is 4.90 Å². The van der Waals surface area contributed by atoms with Gasteiger partial charge in [0.05, 0.1) is 16.1 Å². The molecule has 1 saturated heterocycles. The minimum absolute atomic E-state index is 0.191. The lowest BCUT2D eigenvalue weighted by atomic mass is 9.96. The van der Waals surface area contributed by atoms with Gasteiger partial charge in [-0.15, -0.1) is 11.8 Å². The summed E-state index contributed by atoms with van der Waals surface area (Å²) < 4.78 is 13.3. The fourth-order valence-corrected chi connectivity index (χ4v) is 3.39. The third-order valence-corrected chi connectivity index (χ3v) is 5.72. The topological polar surface area (TPSA) is 44.1 Å². The SMILES string of the molecule is CSC1(C#N)CCN(C(=O)c2cccc(F)c2Br)CC1. The van der Waals surface area contributed by atoms with E-state index in [0.29, 0.717) is 31.5 Å². The number of benzene rings is 1. The summed E-state index contributed by atoms with van der Waals surface area (Å²) in [4.78, 5) is 14.1. The molecule has 0 atom stereocenters. The predicted octanol–water partition coefficient (Wildman–Crippen LogP) is 3.45. The van der Waals surface area contributed by atoms with E-state index in [-0.39, 0.29) is 10.4 Å². The molecule has 0 saturated carbocycles. The summed E-state index contributed by atoms with van der Waals surface area (Å²) in [5.41, 5.74) is 0.332. The summed E-state index contributed by atoms with van der Waals surface area (Å²) in [5.74, 6) is -0.632. The Morgan fingerprint density at radius 2 is 2.15 bits per heavy atom. The number of carbonyl (C=O) groups excluding carboxylic acids is 1. The molecule has 0 bridgehead atoms. The van der Waals surface area contributed by atoms with E-state index in [4.69, 9.17) is 0 Å². The number of nitriles is 1. The van der Waals surface area contributed by atoms with Gasteiger partial charge in [-0.2, -0.15) is 5.26 Å². The molecule has 1 aliphatic rings. The van der Waals surface area contributed by atoms with Crippen molar-refractivity contribution in [3.8, 4) is 6.07 Å². The number of rotatable bonds is 2. The number of halogens is 2. The van der Waals surface area contributed by atoms with Crippen LogP contribution in [0.3, 0.4) is 0 Å². The van der Waals surface area contributed by atoms with Crippen molar-refractivity contribution in [1.82, 2.24) is 4.90 Å². The smallest absolute Gasteiger partial charge is 0.255 e. The van der Waals surface area contributed by atoms with Crippen molar-refractivity contribution in [3.05, 3.63) is 34.1 Å². The van der Waals surface area contributed by atoms with Crippen LogP contribution in [0.4, 0.5) is 4.39 Å². The molecule has 1 aromatic rings. The van der Waals surface area contributed by atoms with Crippen LogP contribution >= 0.6 is 27.7 Å². The quantitative estimate of drug-likeness (QED) is 0.814. The minimum Gasteiger partial charge on any atom is -0.338 e. The first kappa shape index (κ1) is 15.3. The lowest BCUT2D eigenvalue weighted by molar-refractivity contribution is 0.0715. The van der Waals surface area contributed by atoms with Crippen molar-refractivity contribution in [2.75, 3.05) is 19.3 Å². The Kier molecular flexibility index (Phi) is 4.71. The maximum Gasteiger partial charge on any atom is 0.255 e. The van der Waals surface area contributed by atoms with Crippen LogP contribution in [0.25, 0.3) is 0 Å². The number of carbonyl (C=O) groups is 1. The number of thioether (sulfide) groups is 1. The number of piperidine rings is 1. The molecule has 0 radical (unpaired) electrons. The monoisotopic (exact) mass is 356 g/mol. The van der Waals surface area contributed by atoms with Crippen LogP contribution in [0.2, 0.25) is 0 Å². The van der Waals surface area contributed by atoms with Crippen molar-refractivity contribution in [2.45, 2.75) is 17.6 Å². The summed E-state index contributed by atoms with van der Waals surface area (Å²) in [5, 5.41) is 9.23. The third-order valence-electron chi connectivity index (χ3n) is 3.63. The number of hydrogen-bond donors (Lipinski definition) is 0. The highest BCUT2D eigenvalue weighted by atomic mass is 79.9. The van der Waals surface area contributed by atoms with Gasteiger partial charge in [0.25, 0.3) is 5.91 Å². The van der Waals surface area contributed by atoms with E-state index in [1.807, 2.05) is 6.26 Å². The zero-order valence-electron chi connectivity index (χ0n) is 11.0. The fourth-order valence-electron chi connectivity index (χ4n) is 2.27. The van der Waals surface area contributed by atoms with Crippen LogP contribution in [0.5, 0.6) is 0 Å². The summed E-state index contributed by atoms with van der Waals surface area (Å²) >= 11 is 4.66. The van der Waals surface area contributed by atoms with Crippen LogP contribution in [0.1, 0.15) is 23.2 Å². The molecule has 0 spiro atoms. The van der Waals surface area contributed by atoms with Crippen molar-refractivity contribution < 1.29 is 9.18 Å². The Morgan fingerprint density at radius 1 is 1.50 bits per heavy atom. The van der Waals surface area contributed by atoms with E-state index in [0.717, 1.165) is 0 Å². The van der Waals surface area contributed by atoms with Gasteiger partial charge >= 0.3 is 0 Å². The zero-order valence-corrected chi connectivity index (χ0v) is 13.4. The van der Waals surface area contributed by atoms with Gasteiger partial charge in [-0.3, -0.25) is 4.79 Å². The first-order chi connectivity index (χ1) is 9.53. The van der Waals surface area contributed by atoms with Crippen LogP contribution in [0, 0.1) is 17.1 Å². The molecule has 0 N–H and O–H groups in total. The second-order valence-corrected chi connectivity index (χ2v) is 6.69. The first-order valence-electron chi connectivity index (χ1n) is 6.23. The maximum absolute atomic E-state index is 13.5. The first-order valence-corrected chi connectivity index (χ1v) is 8.24. The Balaban J connectivity index is 2.13. The molecular weight excluding hydrogens is 343 g/mol. The largest absolute Gasteiger partial charge is 0.338 e. The Bertz CT molecular complexity index is 565. The summed E-state index contributed by atoms with van der Waals surface area (Å²) in [6.45, 7) is 1.05. The van der Waals surface area contributed by atoms with Crippen molar-refractivity contribution in [3.63, 3.8) is 0 Å². The lowest BCUT2D eigenvalue weighted by Crippen LogP contribution is -2.44. The summed E-state index contributed by atoms with van der Waals surface area (Å²) in [7, 11) is 0. The van der Waals surface area contributed by atoms with Crippen LogP contribution in [-0.2, 0) is 0 Å². The molecule has 1 heterocycles. The van der Waals surface area contributed by atoms with Crippen molar-refractivity contribution in [2.24, 2.45) is 0 Å². The molecule has 0 aromatic heterocycles. The summed E-state index contributed by atoms with van der Waals surface area (Å²) in [6, 6.07) is 6.79. The number of nitrogens with zero attached hydrogens (tertiary/aromatic N) is 2. The predicted molar refractivity (Wildman–Crippen MR) is 81.1 cm³/mol. The summed E-state index contributed by atoms with van der Waals surface area (Å²) in [6.07, 6.45) is 3.20.